The topological polar surface area (TPSA) is 86.8 Å². The SMILES string of the molecule is CC[C@@H](C)NC(=O)[C@@H](C)N(Cc1ccccc1)C(=O)CCCN(c1cc(Cl)ccc1Cl)S(C)(=O)=O. The minimum atomic E-state index is -3.67. The number of benzene rings is 2. The van der Waals surface area contributed by atoms with E-state index in [1.165, 1.54) is 17.0 Å². The number of halogens is 2. The Kier molecular flexibility index (Phi) is 10.9. The zero-order valence-electron chi connectivity index (χ0n) is 20.5. The molecule has 0 aromatic heterocycles. The molecule has 0 saturated carbocycles. The van der Waals surface area contributed by atoms with Gasteiger partial charge in [0.15, 0.2) is 0 Å². The molecule has 0 heterocycles. The van der Waals surface area contributed by atoms with Crippen LogP contribution >= 0.6 is 23.2 Å². The number of hydrogen-bond acceptors (Lipinski definition) is 4. The van der Waals surface area contributed by atoms with E-state index in [0.717, 1.165) is 22.5 Å². The van der Waals surface area contributed by atoms with Crippen molar-refractivity contribution in [3.05, 3.63) is 64.1 Å². The van der Waals surface area contributed by atoms with Gasteiger partial charge in [-0.25, -0.2) is 8.42 Å². The van der Waals surface area contributed by atoms with Crippen LogP contribution in [0, 0.1) is 0 Å². The van der Waals surface area contributed by atoms with Crippen molar-refractivity contribution in [1.29, 1.82) is 0 Å². The Labute approximate surface area is 218 Å². The van der Waals surface area contributed by atoms with Gasteiger partial charge in [0.25, 0.3) is 0 Å². The van der Waals surface area contributed by atoms with Crippen LogP contribution in [0.15, 0.2) is 48.5 Å². The molecule has 0 bridgehead atoms. The number of hydrogen-bond donors (Lipinski definition) is 1. The monoisotopic (exact) mass is 541 g/mol. The number of anilines is 1. The molecule has 0 unspecified atom stereocenters. The summed E-state index contributed by atoms with van der Waals surface area (Å²) in [5.74, 6) is -0.474. The molecule has 2 rings (SSSR count). The van der Waals surface area contributed by atoms with Gasteiger partial charge < -0.3 is 10.2 Å². The average Bonchev–Trinajstić information content (AvgIpc) is 2.81. The Hall–Kier alpha value is -2.29. The van der Waals surface area contributed by atoms with Crippen molar-refractivity contribution in [1.82, 2.24) is 10.2 Å². The summed E-state index contributed by atoms with van der Waals surface area (Å²) in [6.45, 7) is 5.89. The summed E-state index contributed by atoms with van der Waals surface area (Å²) in [4.78, 5) is 27.6. The molecular formula is C25H33Cl2N3O4S. The van der Waals surface area contributed by atoms with E-state index in [1.54, 1.807) is 13.0 Å². The molecule has 1 N–H and O–H groups in total. The molecule has 0 aliphatic heterocycles. The van der Waals surface area contributed by atoms with Crippen molar-refractivity contribution in [2.75, 3.05) is 17.1 Å². The van der Waals surface area contributed by atoms with Gasteiger partial charge in [0.2, 0.25) is 21.8 Å². The summed E-state index contributed by atoms with van der Waals surface area (Å²) in [6.07, 6.45) is 2.14. The van der Waals surface area contributed by atoms with Gasteiger partial charge in [-0.2, -0.15) is 0 Å². The molecular weight excluding hydrogens is 509 g/mol. The van der Waals surface area contributed by atoms with Crippen LogP contribution in [-0.4, -0.2) is 50.0 Å². The molecule has 2 atom stereocenters. The van der Waals surface area contributed by atoms with E-state index in [-0.39, 0.29) is 54.5 Å². The van der Waals surface area contributed by atoms with E-state index in [2.05, 4.69) is 5.32 Å². The summed E-state index contributed by atoms with van der Waals surface area (Å²) in [7, 11) is -3.67. The Morgan fingerprint density at radius 2 is 1.71 bits per heavy atom. The quantitative estimate of drug-likeness (QED) is 0.415. The summed E-state index contributed by atoms with van der Waals surface area (Å²) >= 11 is 12.3. The smallest absolute Gasteiger partial charge is 0.242 e. The highest BCUT2D eigenvalue weighted by Gasteiger charge is 2.27. The number of carbonyl (C=O) groups is 2. The Bertz CT molecular complexity index is 1110. The van der Waals surface area contributed by atoms with Gasteiger partial charge in [0.1, 0.15) is 6.04 Å². The van der Waals surface area contributed by atoms with E-state index < -0.39 is 16.1 Å². The molecule has 0 aliphatic carbocycles. The molecule has 0 radical (unpaired) electrons. The normalized spacial score (nSPS) is 13.1. The second-order valence-electron chi connectivity index (χ2n) is 8.54. The highest BCUT2D eigenvalue weighted by atomic mass is 35.5. The Morgan fingerprint density at radius 1 is 1.06 bits per heavy atom. The minimum absolute atomic E-state index is 0.00982. The lowest BCUT2D eigenvalue weighted by Gasteiger charge is -2.30. The molecule has 10 heteroatoms. The summed E-state index contributed by atoms with van der Waals surface area (Å²) in [5, 5.41) is 3.52. The lowest BCUT2D eigenvalue weighted by molar-refractivity contribution is -0.140. The van der Waals surface area contributed by atoms with E-state index in [1.807, 2.05) is 44.2 Å². The van der Waals surface area contributed by atoms with Crippen molar-refractivity contribution >= 4 is 50.7 Å². The number of rotatable bonds is 12. The fourth-order valence-electron chi connectivity index (χ4n) is 3.49. The van der Waals surface area contributed by atoms with Crippen LogP contribution in [0.25, 0.3) is 0 Å². The molecule has 192 valence electrons. The van der Waals surface area contributed by atoms with Crippen molar-refractivity contribution in [2.24, 2.45) is 0 Å². The van der Waals surface area contributed by atoms with Gasteiger partial charge >= 0.3 is 0 Å². The van der Waals surface area contributed by atoms with E-state index in [4.69, 9.17) is 23.2 Å². The minimum Gasteiger partial charge on any atom is -0.352 e. The molecule has 0 aliphatic rings. The molecule has 2 amide bonds. The molecule has 7 nitrogen and oxygen atoms in total. The van der Waals surface area contributed by atoms with E-state index in [9.17, 15) is 18.0 Å². The first kappa shape index (κ1) is 28.9. The zero-order chi connectivity index (χ0) is 26.2. The molecule has 0 spiro atoms. The molecule has 2 aromatic rings. The van der Waals surface area contributed by atoms with Crippen LogP contribution < -0.4 is 9.62 Å². The molecule has 35 heavy (non-hydrogen) atoms. The maximum absolute atomic E-state index is 13.3. The van der Waals surface area contributed by atoms with Gasteiger partial charge in [-0.3, -0.25) is 13.9 Å². The number of nitrogens with zero attached hydrogens (tertiary/aromatic N) is 2. The van der Waals surface area contributed by atoms with Gasteiger partial charge in [0, 0.05) is 30.6 Å². The van der Waals surface area contributed by atoms with Crippen LogP contribution in [0.3, 0.4) is 0 Å². The summed E-state index contributed by atoms with van der Waals surface area (Å²) in [5.41, 5.74) is 1.16. The molecule has 0 saturated heterocycles. The van der Waals surface area contributed by atoms with Crippen molar-refractivity contribution in [2.45, 2.75) is 58.7 Å². The fraction of sp³-hybridized carbons (Fsp3) is 0.440. The zero-order valence-corrected chi connectivity index (χ0v) is 22.8. The predicted molar refractivity (Wildman–Crippen MR) is 142 cm³/mol. The lowest BCUT2D eigenvalue weighted by Crippen LogP contribution is -2.49. The highest BCUT2D eigenvalue weighted by Crippen LogP contribution is 2.31. The first-order chi connectivity index (χ1) is 16.4. The molecule has 2 aromatic carbocycles. The largest absolute Gasteiger partial charge is 0.352 e. The summed E-state index contributed by atoms with van der Waals surface area (Å²) in [6, 6.07) is 13.3. The van der Waals surface area contributed by atoms with Crippen molar-refractivity contribution in [3.63, 3.8) is 0 Å². The standard InChI is InChI=1S/C25H33Cl2N3O4S/c1-5-18(2)28-25(32)19(3)29(17-20-10-7-6-8-11-20)24(31)12-9-15-30(35(4,33)34)23-16-21(26)13-14-22(23)27/h6-8,10-11,13-14,16,18-19H,5,9,12,15,17H2,1-4H3,(H,28,32)/t18-,19-/m1/s1. The van der Waals surface area contributed by atoms with Crippen LogP contribution in [-0.2, 0) is 26.2 Å². The predicted octanol–water partition coefficient (Wildman–Crippen LogP) is 4.87. The average molecular weight is 543 g/mol. The molecule has 0 fully saturated rings. The number of sulfonamides is 1. The van der Waals surface area contributed by atoms with Crippen LogP contribution in [0.1, 0.15) is 45.6 Å². The fourth-order valence-corrected chi connectivity index (χ4v) is 4.89. The number of nitrogens with one attached hydrogen (secondary N) is 1. The first-order valence-electron chi connectivity index (χ1n) is 11.5. The Balaban J connectivity index is 2.18. The number of carbonyl (C=O) groups excluding carboxylic acids is 2. The van der Waals surface area contributed by atoms with E-state index in [0.29, 0.717) is 5.02 Å². The van der Waals surface area contributed by atoms with Gasteiger partial charge in [-0.05, 0) is 50.5 Å². The highest BCUT2D eigenvalue weighted by molar-refractivity contribution is 7.92. The van der Waals surface area contributed by atoms with Gasteiger partial charge in [0.05, 0.1) is 17.0 Å². The van der Waals surface area contributed by atoms with Crippen molar-refractivity contribution < 1.29 is 18.0 Å². The van der Waals surface area contributed by atoms with Crippen LogP contribution in [0.4, 0.5) is 5.69 Å². The maximum Gasteiger partial charge on any atom is 0.242 e. The third kappa shape index (κ3) is 8.70. The second-order valence-corrected chi connectivity index (χ2v) is 11.3. The van der Waals surface area contributed by atoms with Gasteiger partial charge in [-0.1, -0.05) is 60.5 Å². The Morgan fingerprint density at radius 3 is 2.31 bits per heavy atom. The number of amides is 2. The van der Waals surface area contributed by atoms with E-state index >= 15 is 0 Å². The van der Waals surface area contributed by atoms with Crippen LogP contribution in [0.2, 0.25) is 10.0 Å². The maximum atomic E-state index is 13.3. The lowest BCUT2D eigenvalue weighted by atomic mass is 10.1. The van der Waals surface area contributed by atoms with Crippen molar-refractivity contribution in [3.8, 4) is 0 Å². The van der Waals surface area contributed by atoms with Crippen LogP contribution in [0.5, 0.6) is 0 Å². The van der Waals surface area contributed by atoms with Gasteiger partial charge in [-0.15, -0.1) is 0 Å². The second kappa shape index (κ2) is 13.1. The summed E-state index contributed by atoms with van der Waals surface area (Å²) < 4.78 is 26.0. The third-order valence-corrected chi connectivity index (χ3v) is 7.43. The third-order valence-electron chi connectivity index (χ3n) is 5.69. The first-order valence-corrected chi connectivity index (χ1v) is 14.1.